The molecule has 1 nitrogen and oxygen atoms in total. The summed E-state index contributed by atoms with van der Waals surface area (Å²) in [5.74, 6) is 0.661. The van der Waals surface area contributed by atoms with Crippen LogP contribution in [0.1, 0.15) is 19.8 Å². The van der Waals surface area contributed by atoms with Crippen LogP contribution in [-0.4, -0.2) is 0 Å². The van der Waals surface area contributed by atoms with Crippen molar-refractivity contribution in [1.82, 2.24) is 0 Å². The molecule has 0 aromatic heterocycles. The van der Waals surface area contributed by atoms with Gasteiger partial charge in [-0.05, 0) is 24.8 Å². The van der Waals surface area contributed by atoms with E-state index in [1.165, 1.54) is 5.57 Å². The fraction of sp³-hybridized carbons (Fsp3) is 0.400. The van der Waals surface area contributed by atoms with Crippen LogP contribution in [0.15, 0.2) is 36.1 Å². The third-order valence-corrected chi connectivity index (χ3v) is 1.82. The van der Waals surface area contributed by atoms with Crippen LogP contribution in [0.25, 0.3) is 0 Å². The maximum absolute atomic E-state index is 5.47. The Labute approximate surface area is 68.3 Å². The van der Waals surface area contributed by atoms with Gasteiger partial charge in [0.05, 0.1) is 0 Å². The van der Waals surface area contributed by atoms with Gasteiger partial charge in [-0.2, -0.15) is 0 Å². The fourth-order valence-corrected chi connectivity index (χ4v) is 1.40. The lowest BCUT2D eigenvalue weighted by molar-refractivity contribution is 0.681. The van der Waals surface area contributed by atoms with Gasteiger partial charge < -0.3 is 5.73 Å². The molecule has 1 unspecified atom stereocenters. The van der Waals surface area contributed by atoms with Crippen LogP contribution in [-0.2, 0) is 0 Å². The monoisotopic (exact) mass is 149 g/mol. The first-order valence-corrected chi connectivity index (χ1v) is 3.99. The standard InChI is InChI=1S/C10H15N/c1-8-4-3-5-10(6-8)7-9(2)11/h3-4,7-8H,2,5-6,11H2,1H3/b10-7-. The predicted octanol–water partition coefficient (Wildman–Crippen LogP) is 2.37. The molecule has 0 fully saturated rings. The van der Waals surface area contributed by atoms with Gasteiger partial charge in [0.25, 0.3) is 0 Å². The molecule has 0 saturated heterocycles. The minimum absolute atomic E-state index is 0.661. The first-order valence-electron chi connectivity index (χ1n) is 3.99. The predicted molar refractivity (Wildman–Crippen MR) is 48.9 cm³/mol. The lowest BCUT2D eigenvalue weighted by atomic mass is 9.92. The van der Waals surface area contributed by atoms with Gasteiger partial charge in [0.1, 0.15) is 0 Å². The Balaban J connectivity index is 2.63. The summed E-state index contributed by atoms with van der Waals surface area (Å²) >= 11 is 0. The minimum Gasteiger partial charge on any atom is -0.399 e. The number of rotatable bonds is 1. The Morgan fingerprint density at radius 2 is 2.55 bits per heavy atom. The zero-order valence-corrected chi connectivity index (χ0v) is 7.01. The van der Waals surface area contributed by atoms with E-state index in [9.17, 15) is 0 Å². The molecular formula is C10H15N. The average molecular weight is 149 g/mol. The molecule has 0 radical (unpaired) electrons. The number of nitrogens with two attached hydrogens (primary N) is 1. The van der Waals surface area contributed by atoms with Crippen molar-refractivity contribution in [3.05, 3.63) is 36.1 Å². The van der Waals surface area contributed by atoms with E-state index in [2.05, 4.69) is 25.7 Å². The van der Waals surface area contributed by atoms with Crippen LogP contribution >= 0.6 is 0 Å². The molecule has 11 heavy (non-hydrogen) atoms. The van der Waals surface area contributed by atoms with Gasteiger partial charge in [0, 0.05) is 5.70 Å². The molecule has 0 aromatic carbocycles. The second-order valence-corrected chi connectivity index (χ2v) is 3.19. The van der Waals surface area contributed by atoms with E-state index >= 15 is 0 Å². The highest BCUT2D eigenvalue weighted by Gasteiger charge is 2.06. The highest BCUT2D eigenvalue weighted by atomic mass is 14.5. The van der Waals surface area contributed by atoms with Crippen molar-refractivity contribution in [2.24, 2.45) is 11.7 Å². The molecule has 0 bridgehead atoms. The molecule has 60 valence electrons. The summed E-state index contributed by atoms with van der Waals surface area (Å²) < 4.78 is 0. The van der Waals surface area contributed by atoms with Crippen LogP contribution < -0.4 is 5.73 Å². The van der Waals surface area contributed by atoms with E-state index in [4.69, 9.17) is 5.73 Å². The van der Waals surface area contributed by atoms with Gasteiger partial charge in [-0.3, -0.25) is 0 Å². The molecule has 0 aromatic rings. The quantitative estimate of drug-likeness (QED) is 0.569. The normalized spacial score (nSPS) is 27.4. The average Bonchev–Trinajstić information content (AvgIpc) is 1.85. The molecule has 1 atom stereocenters. The van der Waals surface area contributed by atoms with E-state index in [1.54, 1.807) is 0 Å². The molecule has 0 aliphatic heterocycles. The van der Waals surface area contributed by atoms with Crippen LogP contribution in [0.2, 0.25) is 0 Å². The minimum atomic E-state index is 0.661. The van der Waals surface area contributed by atoms with E-state index in [0.29, 0.717) is 11.6 Å². The van der Waals surface area contributed by atoms with Gasteiger partial charge in [0.2, 0.25) is 0 Å². The van der Waals surface area contributed by atoms with Gasteiger partial charge in [-0.1, -0.05) is 31.2 Å². The van der Waals surface area contributed by atoms with Crippen molar-refractivity contribution in [3.63, 3.8) is 0 Å². The van der Waals surface area contributed by atoms with E-state index in [-0.39, 0.29) is 0 Å². The lowest BCUT2D eigenvalue weighted by Crippen LogP contribution is -2.00. The molecule has 0 heterocycles. The van der Waals surface area contributed by atoms with E-state index in [0.717, 1.165) is 12.8 Å². The molecule has 1 aliphatic carbocycles. The van der Waals surface area contributed by atoms with Gasteiger partial charge in [-0.15, -0.1) is 0 Å². The van der Waals surface area contributed by atoms with Gasteiger partial charge in [0.15, 0.2) is 0 Å². The first kappa shape index (κ1) is 8.12. The second-order valence-electron chi connectivity index (χ2n) is 3.19. The first-order chi connectivity index (χ1) is 5.18. The van der Waals surface area contributed by atoms with Crippen molar-refractivity contribution in [1.29, 1.82) is 0 Å². The van der Waals surface area contributed by atoms with Gasteiger partial charge in [-0.25, -0.2) is 0 Å². The summed E-state index contributed by atoms with van der Waals surface area (Å²) in [4.78, 5) is 0. The van der Waals surface area contributed by atoms with Crippen molar-refractivity contribution in [2.45, 2.75) is 19.8 Å². The fourth-order valence-electron chi connectivity index (χ4n) is 1.40. The summed E-state index contributed by atoms with van der Waals surface area (Å²) in [7, 11) is 0. The third kappa shape index (κ3) is 2.62. The lowest BCUT2D eigenvalue weighted by Gasteiger charge is -2.14. The van der Waals surface area contributed by atoms with Crippen LogP contribution in [0, 0.1) is 5.92 Å². The number of hydrogen-bond donors (Lipinski definition) is 1. The summed E-state index contributed by atoms with van der Waals surface area (Å²) in [6, 6.07) is 0. The van der Waals surface area contributed by atoms with E-state index in [1.807, 2.05) is 6.08 Å². The van der Waals surface area contributed by atoms with Crippen molar-refractivity contribution < 1.29 is 0 Å². The zero-order chi connectivity index (χ0) is 8.27. The van der Waals surface area contributed by atoms with Gasteiger partial charge >= 0.3 is 0 Å². The van der Waals surface area contributed by atoms with Crippen LogP contribution in [0.3, 0.4) is 0 Å². The van der Waals surface area contributed by atoms with Crippen molar-refractivity contribution in [3.8, 4) is 0 Å². The Morgan fingerprint density at radius 1 is 1.82 bits per heavy atom. The van der Waals surface area contributed by atoms with Crippen LogP contribution in [0.4, 0.5) is 0 Å². The number of hydrogen-bond acceptors (Lipinski definition) is 1. The van der Waals surface area contributed by atoms with E-state index < -0.39 is 0 Å². The molecular weight excluding hydrogens is 134 g/mol. The topological polar surface area (TPSA) is 26.0 Å². The SMILES string of the molecule is C=C(N)/C=C1/CC=CC(C)C1. The van der Waals surface area contributed by atoms with Crippen LogP contribution in [0.5, 0.6) is 0 Å². The Bertz CT molecular complexity index is 211. The van der Waals surface area contributed by atoms with Crippen molar-refractivity contribution >= 4 is 0 Å². The number of allylic oxidation sites excluding steroid dienone is 4. The molecule has 1 heteroatoms. The summed E-state index contributed by atoms with van der Waals surface area (Å²) in [5.41, 5.74) is 7.54. The molecule has 1 rings (SSSR count). The second kappa shape index (κ2) is 3.42. The Kier molecular flexibility index (Phi) is 2.53. The third-order valence-electron chi connectivity index (χ3n) is 1.82. The zero-order valence-electron chi connectivity index (χ0n) is 7.01. The maximum Gasteiger partial charge on any atom is 0.0240 e. The largest absolute Gasteiger partial charge is 0.399 e. The Hall–Kier alpha value is -0.980. The molecule has 2 N–H and O–H groups in total. The molecule has 0 amide bonds. The highest BCUT2D eigenvalue weighted by Crippen LogP contribution is 2.22. The summed E-state index contributed by atoms with van der Waals surface area (Å²) in [6.45, 7) is 5.86. The molecule has 1 aliphatic rings. The molecule has 0 saturated carbocycles. The maximum atomic E-state index is 5.47. The molecule has 0 spiro atoms. The highest BCUT2D eigenvalue weighted by molar-refractivity contribution is 5.23. The summed E-state index contributed by atoms with van der Waals surface area (Å²) in [5, 5.41) is 0. The smallest absolute Gasteiger partial charge is 0.0240 e. The van der Waals surface area contributed by atoms with Crippen molar-refractivity contribution in [2.75, 3.05) is 0 Å². The summed E-state index contributed by atoms with van der Waals surface area (Å²) in [6.07, 6.45) is 8.60. The Morgan fingerprint density at radius 3 is 3.09 bits per heavy atom.